The quantitative estimate of drug-likeness (QED) is 0.632. The van der Waals surface area contributed by atoms with E-state index in [1.54, 1.807) is 24.3 Å². The maximum atomic E-state index is 13.6. The largest absolute Gasteiger partial charge is 0.453 e. The minimum atomic E-state index is -0.568. The number of hydrogen-bond acceptors (Lipinski definition) is 2. The van der Waals surface area contributed by atoms with Gasteiger partial charge in [0.2, 0.25) is 0 Å². The van der Waals surface area contributed by atoms with Gasteiger partial charge in [0.1, 0.15) is 5.75 Å². The molecule has 0 bridgehead atoms. The molecule has 0 atom stereocenters. The number of ether oxygens (including phenoxy) is 1. The van der Waals surface area contributed by atoms with Crippen molar-refractivity contribution in [2.24, 2.45) is 0 Å². The molecule has 0 saturated heterocycles. The van der Waals surface area contributed by atoms with Crippen molar-refractivity contribution in [3.05, 3.63) is 50.8 Å². The number of nitrogen functional groups attached to an aromatic ring is 1. The van der Waals surface area contributed by atoms with Crippen molar-refractivity contribution in [2.75, 3.05) is 5.73 Å². The molecule has 0 unspecified atom stereocenters. The zero-order valence-corrected chi connectivity index (χ0v) is 11.5. The summed E-state index contributed by atoms with van der Waals surface area (Å²) in [5.41, 5.74) is 6.25. The third kappa shape index (κ3) is 2.81. The number of benzene rings is 2. The summed E-state index contributed by atoms with van der Waals surface area (Å²) < 4.78 is 19.9. The first-order chi connectivity index (χ1) is 8.08. The Kier molecular flexibility index (Phi) is 3.73. The van der Waals surface area contributed by atoms with Crippen LogP contribution < -0.4 is 10.5 Å². The molecule has 0 heterocycles. The van der Waals surface area contributed by atoms with Crippen LogP contribution in [0.2, 0.25) is 5.02 Å². The van der Waals surface area contributed by atoms with Crippen molar-refractivity contribution in [1.82, 2.24) is 0 Å². The lowest BCUT2D eigenvalue weighted by Gasteiger charge is -2.09. The van der Waals surface area contributed by atoms with Gasteiger partial charge in [-0.05, 0) is 52.9 Å². The van der Waals surface area contributed by atoms with E-state index < -0.39 is 5.82 Å². The monoisotopic (exact) mass is 363 g/mol. The highest BCUT2D eigenvalue weighted by Gasteiger charge is 2.10. The molecular weight excluding hydrogens is 355 g/mol. The Labute approximate surface area is 117 Å². The summed E-state index contributed by atoms with van der Waals surface area (Å²) in [7, 11) is 0. The summed E-state index contributed by atoms with van der Waals surface area (Å²) in [6.45, 7) is 0. The topological polar surface area (TPSA) is 35.2 Å². The zero-order chi connectivity index (χ0) is 12.4. The van der Waals surface area contributed by atoms with Gasteiger partial charge in [0.25, 0.3) is 0 Å². The van der Waals surface area contributed by atoms with Gasteiger partial charge >= 0.3 is 0 Å². The van der Waals surface area contributed by atoms with Crippen LogP contribution in [0.15, 0.2) is 36.4 Å². The number of nitrogens with two attached hydrogens (primary N) is 1. The van der Waals surface area contributed by atoms with Crippen molar-refractivity contribution >= 4 is 39.9 Å². The first-order valence-corrected chi connectivity index (χ1v) is 6.20. The van der Waals surface area contributed by atoms with Crippen LogP contribution >= 0.6 is 34.2 Å². The molecule has 88 valence electrons. The summed E-state index contributed by atoms with van der Waals surface area (Å²) >= 11 is 7.74. The van der Waals surface area contributed by atoms with Crippen molar-refractivity contribution < 1.29 is 9.13 Å². The Morgan fingerprint density at radius 3 is 2.65 bits per heavy atom. The maximum Gasteiger partial charge on any atom is 0.184 e. The number of hydrogen-bond donors (Lipinski definition) is 1. The van der Waals surface area contributed by atoms with E-state index in [9.17, 15) is 4.39 Å². The molecule has 17 heavy (non-hydrogen) atoms. The number of halogens is 3. The highest BCUT2D eigenvalue weighted by atomic mass is 127. The third-order valence-corrected chi connectivity index (χ3v) is 3.23. The van der Waals surface area contributed by atoms with E-state index in [0.29, 0.717) is 11.4 Å². The highest BCUT2D eigenvalue weighted by Crippen LogP contribution is 2.32. The third-order valence-electron chi connectivity index (χ3n) is 2.09. The molecular formula is C12H8ClFINO. The average Bonchev–Trinajstić information content (AvgIpc) is 2.28. The summed E-state index contributed by atoms with van der Waals surface area (Å²) in [6, 6.07) is 9.76. The summed E-state index contributed by atoms with van der Waals surface area (Å²) in [6.07, 6.45) is 0. The van der Waals surface area contributed by atoms with Gasteiger partial charge in [0.15, 0.2) is 11.6 Å². The Hall–Kier alpha value is -1.01. The van der Waals surface area contributed by atoms with Gasteiger partial charge in [-0.1, -0.05) is 17.7 Å². The molecule has 0 aromatic heterocycles. The average molecular weight is 364 g/mol. The number of rotatable bonds is 2. The van der Waals surface area contributed by atoms with Crippen LogP contribution in [0.5, 0.6) is 11.5 Å². The molecule has 2 rings (SSSR count). The summed E-state index contributed by atoms with van der Waals surface area (Å²) in [5, 5.41) is 0.0351. The van der Waals surface area contributed by atoms with Crippen molar-refractivity contribution in [1.29, 1.82) is 0 Å². The molecule has 5 heteroatoms. The summed E-state index contributed by atoms with van der Waals surface area (Å²) in [4.78, 5) is 0. The van der Waals surface area contributed by atoms with Crippen LogP contribution in [0.3, 0.4) is 0 Å². The Morgan fingerprint density at radius 2 is 1.94 bits per heavy atom. The Morgan fingerprint density at radius 1 is 1.18 bits per heavy atom. The van der Waals surface area contributed by atoms with Gasteiger partial charge in [-0.15, -0.1) is 0 Å². The fourth-order valence-electron chi connectivity index (χ4n) is 1.28. The van der Waals surface area contributed by atoms with Crippen LogP contribution in [0, 0.1) is 9.39 Å². The number of anilines is 1. The fraction of sp³-hybridized carbons (Fsp3) is 0. The normalized spacial score (nSPS) is 10.3. The highest BCUT2D eigenvalue weighted by molar-refractivity contribution is 14.1. The molecule has 0 aliphatic heterocycles. The minimum Gasteiger partial charge on any atom is -0.453 e. The molecule has 2 N–H and O–H groups in total. The van der Waals surface area contributed by atoms with E-state index in [-0.39, 0.29) is 10.8 Å². The lowest BCUT2D eigenvalue weighted by Crippen LogP contribution is -1.92. The molecule has 0 aliphatic rings. The van der Waals surface area contributed by atoms with Gasteiger partial charge < -0.3 is 10.5 Å². The Balaban J connectivity index is 2.35. The van der Waals surface area contributed by atoms with Crippen LogP contribution in [0.25, 0.3) is 0 Å². The molecule has 0 radical (unpaired) electrons. The zero-order valence-electron chi connectivity index (χ0n) is 8.58. The van der Waals surface area contributed by atoms with Crippen LogP contribution in [0.1, 0.15) is 0 Å². The van der Waals surface area contributed by atoms with Gasteiger partial charge in [0.05, 0.1) is 8.59 Å². The van der Waals surface area contributed by atoms with Crippen LogP contribution in [0.4, 0.5) is 10.1 Å². The molecule has 2 aromatic rings. The maximum absolute atomic E-state index is 13.6. The lowest BCUT2D eigenvalue weighted by atomic mass is 10.3. The first kappa shape index (κ1) is 12.4. The molecule has 0 saturated carbocycles. The van der Waals surface area contributed by atoms with E-state index in [4.69, 9.17) is 22.1 Å². The van der Waals surface area contributed by atoms with Gasteiger partial charge in [-0.3, -0.25) is 0 Å². The van der Waals surface area contributed by atoms with Gasteiger partial charge in [-0.25, -0.2) is 4.39 Å². The fourth-order valence-corrected chi connectivity index (χ4v) is 2.10. The van der Waals surface area contributed by atoms with E-state index in [1.165, 1.54) is 12.1 Å². The molecule has 0 aliphatic carbocycles. The van der Waals surface area contributed by atoms with Gasteiger partial charge in [-0.2, -0.15) is 0 Å². The second kappa shape index (κ2) is 5.10. The van der Waals surface area contributed by atoms with Crippen molar-refractivity contribution in [3.63, 3.8) is 0 Å². The van der Waals surface area contributed by atoms with E-state index in [2.05, 4.69) is 22.6 Å². The van der Waals surface area contributed by atoms with Crippen molar-refractivity contribution in [2.45, 2.75) is 0 Å². The predicted octanol–water partition coefficient (Wildman–Crippen LogP) is 4.46. The molecule has 2 nitrogen and oxygen atoms in total. The lowest BCUT2D eigenvalue weighted by molar-refractivity contribution is 0.440. The second-order valence-electron chi connectivity index (χ2n) is 3.34. The second-order valence-corrected chi connectivity index (χ2v) is 4.91. The molecule has 2 aromatic carbocycles. The molecule has 0 fully saturated rings. The molecule has 0 amide bonds. The van der Waals surface area contributed by atoms with E-state index in [0.717, 1.165) is 3.57 Å². The van der Waals surface area contributed by atoms with Crippen molar-refractivity contribution in [3.8, 4) is 11.5 Å². The van der Waals surface area contributed by atoms with Crippen LogP contribution in [-0.2, 0) is 0 Å². The first-order valence-electron chi connectivity index (χ1n) is 4.75. The van der Waals surface area contributed by atoms with Crippen LogP contribution in [-0.4, -0.2) is 0 Å². The molecule has 0 spiro atoms. The smallest absolute Gasteiger partial charge is 0.184 e. The van der Waals surface area contributed by atoms with E-state index >= 15 is 0 Å². The predicted molar refractivity (Wildman–Crippen MR) is 75.1 cm³/mol. The van der Waals surface area contributed by atoms with Gasteiger partial charge in [0, 0.05) is 5.69 Å². The Bertz CT molecular complexity index is 562. The van der Waals surface area contributed by atoms with E-state index in [1.807, 2.05) is 0 Å². The standard InChI is InChI=1S/C12H8ClFINO/c13-8-2-1-3-11(12(8)14)17-10-5-4-7(16)6-9(10)15/h1-6H,16H2. The summed E-state index contributed by atoms with van der Waals surface area (Å²) in [5.74, 6) is 0.0722. The minimum absolute atomic E-state index is 0.0351. The SMILES string of the molecule is Nc1ccc(Oc2cccc(Cl)c2F)c(I)c1.